The quantitative estimate of drug-likeness (QED) is 0.876. The number of nitrogens with two attached hydrogens (primary N) is 1. The van der Waals surface area contributed by atoms with Crippen molar-refractivity contribution in [3.8, 4) is 5.75 Å². The van der Waals surface area contributed by atoms with Gasteiger partial charge in [-0.2, -0.15) is 0 Å². The zero-order valence-corrected chi connectivity index (χ0v) is 12.1. The van der Waals surface area contributed by atoms with Gasteiger partial charge in [0, 0.05) is 11.6 Å². The number of hydrogen-bond acceptors (Lipinski definition) is 3. The molecule has 3 N–H and O–H groups in total. The molecule has 1 aromatic carbocycles. The number of phenolic OH excluding ortho intramolecular Hbond substituents is 1. The van der Waals surface area contributed by atoms with Crippen LogP contribution < -0.4 is 5.73 Å². The molecular weight excluding hydrogens is 236 g/mol. The van der Waals surface area contributed by atoms with Gasteiger partial charge in [0.05, 0.1) is 0 Å². The predicted molar refractivity (Wildman–Crippen MR) is 79.3 cm³/mol. The molecule has 3 nitrogen and oxygen atoms in total. The third-order valence-electron chi connectivity index (χ3n) is 4.67. The number of hydrogen-bond donors (Lipinski definition) is 2. The number of benzene rings is 1. The van der Waals surface area contributed by atoms with Gasteiger partial charge < -0.3 is 15.7 Å². The molecule has 1 aliphatic rings. The number of rotatable bonds is 4. The molecule has 1 saturated carbocycles. The first-order valence-corrected chi connectivity index (χ1v) is 7.25. The Labute approximate surface area is 116 Å². The lowest BCUT2D eigenvalue weighted by Crippen LogP contribution is -2.59. The van der Waals surface area contributed by atoms with Crippen molar-refractivity contribution in [2.45, 2.75) is 50.1 Å². The van der Waals surface area contributed by atoms with E-state index in [0.29, 0.717) is 5.75 Å². The van der Waals surface area contributed by atoms with Crippen molar-refractivity contribution in [1.29, 1.82) is 0 Å². The maximum absolute atomic E-state index is 9.56. The van der Waals surface area contributed by atoms with Crippen molar-refractivity contribution in [2.75, 3.05) is 14.1 Å². The van der Waals surface area contributed by atoms with E-state index in [9.17, 15) is 5.11 Å². The lowest BCUT2D eigenvalue weighted by Gasteiger charge is -2.47. The normalized spacial score (nSPS) is 20.4. The largest absolute Gasteiger partial charge is 0.508 e. The summed E-state index contributed by atoms with van der Waals surface area (Å²) in [7, 11) is 4.29. The molecule has 0 amide bonds. The van der Waals surface area contributed by atoms with Gasteiger partial charge in [0.25, 0.3) is 0 Å². The highest BCUT2D eigenvalue weighted by molar-refractivity contribution is 5.28. The Morgan fingerprint density at radius 1 is 1.26 bits per heavy atom. The van der Waals surface area contributed by atoms with Gasteiger partial charge >= 0.3 is 0 Å². The van der Waals surface area contributed by atoms with Gasteiger partial charge in [-0.15, -0.1) is 0 Å². The highest BCUT2D eigenvalue weighted by atomic mass is 16.3. The lowest BCUT2D eigenvalue weighted by atomic mass is 9.74. The fourth-order valence-electron chi connectivity index (χ4n) is 3.44. The number of aromatic hydroxyl groups is 1. The van der Waals surface area contributed by atoms with E-state index in [2.05, 4.69) is 19.0 Å². The van der Waals surface area contributed by atoms with Crippen molar-refractivity contribution in [3.63, 3.8) is 0 Å². The van der Waals surface area contributed by atoms with Gasteiger partial charge in [0.15, 0.2) is 0 Å². The summed E-state index contributed by atoms with van der Waals surface area (Å²) in [6.07, 6.45) is 7.05. The van der Waals surface area contributed by atoms with Crippen molar-refractivity contribution in [3.05, 3.63) is 29.8 Å². The Hall–Kier alpha value is -1.06. The SMILES string of the molecule is CN(C)C1(C(N)Cc2cccc(O)c2)CCCCC1. The van der Waals surface area contributed by atoms with Crippen LogP contribution in [0.15, 0.2) is 24.3 Å². The Morgan fingerprint density at radius 2 is 1.95 bits per heavy atom. The summed E-state index contributed by atoms with van der Waals surface area (Å²) in [5, 5.41) is 9.56. The summed E-state index contributed by atoms with van der Waals surface area (Å²) in [6.45, 7) is 0. The summed E-state index contributed by atoms with van der Waals surface area (Å²) in [6, 6.07) is 7.58. The van der Waals surface area contributed by atoms with E-state index in [0.717, 1.165) is 12.0 Å². The van der Waals surface area contributed by atoms with Crippen LogP contribution in [0.4, 0.5) is 0 Å². The van der Waals surface area contributed by atoms with Gasteiger partial charge in [-0.1, -0.05) is 31.4 Å². The van der Waals surface area contributed by atoms with Crippen LogP contribution in [0.1, 0.15) is 37.7 Å². The standard InChI is InChI=1S/C16H26N2O/c1-18(2)16(9-4-3-5-10-16)15(17)12-13-7-6-8-14(19)11-13/h6-8,11,15,19H,3-5,9-10,12,17H2,1-2H3. The van der Waals surface area contributed by atoms with Crippen molar-refractivity contribution in [1.82, 2.24) is 4.90 Å². The minimum Gasteiger partial charge on any atom is -0.508 e. The molecule has 0 heterocycles. The van der Waals surface area contributed by atoms with Gasteiger partial charge in [-0.3, -0.25) is 0 Å². The van der Waals surface area contributed by atoms with Gasteiger partial charge in [0.2, 0.25) is 0 Å². The molecule has 1 atom stereocenters. The highest BCUT2D eigenvalue weighted by Gasteiger charge is 2.39. The molecule has 0 aliphatic heterocycles. The molecule has 1 aliphatic carbocycles. The second-order valence-electron chi connectivity index (χ2n) is 6.04. The first-order valence-electron chi connectivity index (χ1n) is 7.25. The Balaban J connectivity index is 2.13. The molecule has 0 radical (unpaired) electrons. The number of phenols is 1. The van der Waals surface area contributed by atoms with E-state index in [4.69, 9.17) is 5.73 Å². The minimum atomic E-state index is 0.115. The fourth-order valence-corrected chi connectivity index (χ4v) is 3.44. The van der Waals surface area contributed by atoms with Gasteiger partial charge in [0.1, 0.15) is 5.75 Å². The molecule has 1 aromatic rings. The summed E-state index contributed by atoms with van der Waals surface area (Å²) in [5.74, 6) is 0.326. The van der Waals surface area contributed by atoms with Crippen LogP contribution in [0, 0.1) is 0 Å². The Morgan fingerprint density at radius 3 is 2.53 bits per heavy atom. The van der Waals surface area contributed by atoms with Gasteiger partial charge in [-0.25, -0.2) is 0 Å². The second kappa shape index (κ2) is 5.93. The molecule has 1 fully saturated rings. The van der Waals surface area contributed by atoms with Crippen LogP contribution in [0.5, 0.6) is 5.75 Å². The molecule has 0 aromatic heterocycles. The zero-order valence-electron chi connectivity index (χ0n) is 12.1. The highest BCUT2D eigenvalue weighted by Crippen LogP contribution is 2.35. The summed E-state index contributed by atoms with van der Waals surface area (Å²) in [4.78, 5) is 2.32. The van der Waals surface area contributed by atoms with Crippen LogP contribution >= 0.6 is 0 Å². The topological polar surface area (TPSA) is 49.5 Å². The van der Waals surface area contributed by atoms with Crippen molar-refractivity contribution < 1.29 is 5.11 Å². The minimum absolute atomic E-state index is 0.115. The Kier molecular flexibility index (Phi) is 4.48. The van der Waals surface area contributed by atoms with Crippen LogP contribution in [0.3, 0.4) is 0 Å². The van der Waals surface area contributed by atoms with E-state index in [-0.39, 0.29) is 11.6 Å². The first-order chi connectivity index (χ1) is 9.04. The van der Waals surface area contributed by atoms with Crippen molar-refractivity contribution in [2.24, 2.45) is 5.73 Å². The van der Waals surface area contributed by atoms with Crippen LogP contribution in [-0.4, -0.2) is 35.7 Å². The average molecular weight is 262 g/mol. The van der Waals surface area contributed by atoms with Gasteiger partial charge in [-0.05, 0) is 51.1 Å². The molecule has 3 heteroatoms. The van der Waals surface area contributed by atoms with E-state index in [1.54, 1.807) is 6.07 Å². The van der Waals surface area contributed by atoms with Crippen LogP contribution in [0.25, 0.3) is 0 Å². The van der Waals surface area contributed by atoms with Crippen molar-refractivity contribution >= 4 is 0 Å². The number of nitrogens with zero attached hydrogens (tertiary/aromatic N) is 1. The lowest BCUT2D eigenvalue weighted by molar-refractivity contribution is 0.0716. The second-order valence-corrected chi connectivity index (χ2v) is 6.04. The third-order valence-corrected chi connectivity index (χ3v) is 4.67. The number of likely N-dealkylation sites (N-methyl/N-ethyl adjacent to an activating group) is 1. The molecule has 2 rings (SSSR count). The van der Waals surface area contributed by atoms with E-state index >= 15 is 0 Å². The summed E-state index contributed by atoms with van der Waals surface area (Å²) in [5.41, 5.74) is 7.78. The maximum atomic E-state index is 9.56. The molecule has 106 valence electrons. The van der Waals surface area contributed by atoms with E-state index in [1.807, 2.05) is 18.2 Å². The average Bonchev–Trinajstić information content (AvgIpc) is 2.39. The molecule has 0 bridgehead atoms. The van der Waals surface area contributed by atoms with Crippen LogP contribution in [0.2, 0.25) is 0 Å². The molecule has 1 unspecified atom stereocenters. The third kappa shape index (κ3) is 3.10. The summed E-state index contributed by atoms with van der Waals surface area (Å²) < 4.78 is 0. The molecule has 0 saturated heterocycles. The maximum Gasteiger partial charge on any atom is 0.115 e. The predicted octanol–water partition coefficient (Wildman–Crippen LogP) is 2.53. The van der Waals surface area contributed by atoms with E-state index < -0.39 is 0 Å². The zero-order chi connectivity index (χ0) is 13.9. The summed E-state index contributed by atoms with van der Waals surface area (Å²) >= 11 is 0. The Bertz CT molecular complexity index is 411. The fraction of sp³-hybridized carbons (Fsp3) is 0.625. The molecular formula is C16H26N2O. The smallest absolute Gasteiger partial charge is 0.115 e. The molecule has 19 heavy (non-hydrogen) atoms. The first kappa shape index (κ1) is 14.4. The monoisotopic (exact) mass is 262 g/mol. The molecule has 0 spiro atoms. The van der Waals surface area contributed by atoms with Crippen LogP contribution in [-0.2, 0) is 6.42 Å². The van der Waals surface area contributed by atoms with E-state index in [1.165, 1.54) is 32.1 Å².